The summed E-state index contributed by atoms with van der Waals surface area (Å²) in [6.07, 6.45) is 2.90. The number of halogens is 1. The minimum absolute atomic E-state index is 0.312. The number of nitrogens with zero attached hydrogens (tertiary/aromatic N) is 2. The van der Waals surface area contributed by atoms with Crippen LogP contribution in [0.1, 0.15) is 38.1 Å². The van der Waals surface area contributed by atoms with Gasteiger partial charge in [-0.1, -0.05) is 31.9 Å². The summed E-state index contributed by atoms with van der Waals surface area (Å²) in [6.45, 7) is 4.09. The smallest absolute Gasteiger partial charge is 0.0850 e. The third kappa shape index (κ3) is 2.95. The first-order valence-electron chi connectivity index (χ1n) is 5.48. The molecule has 86 valence electrons. The van der Waals surface area contributed by atoms with Crippen molar-refractivity contribution in [1.82, 2.24) is 9.78 Å². The van der Waals surface area contributed by atoms with E-state index < -0.39 is 0 Å². The normalized spacial score (nSPS) is 13.1. The summed E-state index contributed by atoms with van der Waals surface area (Å²) in [5.74, 6) is 0. The molecule has 0 saturated heterocycles. The molecule has 1 aromatic heterocycles. The molecule has 0 spiro atoms. The summed E-state index contributed by atoms with van der Waals surface area (Å²) in [6, 6.07) is 0. The molecule has 1 aromatic rings. The molecule has 4 heteroatoms. The molecule has 1 atom stereocenters. The van der Waals surface area contributed by atoms with Gasteiger partial charge in [-0.15, -0.1) is 0 Å². The molecule has 0 fully saturated rings. The minimum atomic E-state index is -0.312. The molecule has 3 nitrogen and oxygen atoms in total. The Morgan fingerprint density at radius 3 is 2.60 bits per heavy atom. The Morgan fingerprint density at radius 1 is 1.47 bits per heavy atom. The minimum Gasteiger partial charge on any atom is -0.393 e. The molecular formula is C11H19ClN2O. The maximum absolute atomic E-state index is 9.73. The number of aryl methyl sites for hydroxylation is 2. The molecule has 0 amide bonds. The van der Waals surface area contributed by atoms with Gasteiger partial charge < -0.3 is 5.11 Å². The van der Waals surface area contributed by atoms with E-state index in [-0.39, 0.29) is 6.10 Å². The fourth-order valence-corrected chi connectivity index (χ4v) is 2.07. The quantitative estimate of drug-likeness (QED) is 0.843. The highest BCUT2D eigenvalue weighted by atomic mass is 35.5. The summed E-state index contributed by atoms with van der Waals surface area (Å²) in [5.41, 5.74) is 1.85. The molecule has 0 aliphatic rings. The molecule has 1 heterocycles. The van der Waals surface area contributed by atoms with E-state index in [4.69, 9.17) is 11.6 Å². The maximum atomic E-state index is 9.73. The van der Waals surface area contributed by atoms with Crippen molar-refractivity contribution in [3.05, 3.63) is 16.4 Å². The Balaban J connectivity index is 2.80. The Hall–Kier alpha value is -0.540. The second kappa shape index (κ2) is 5.52. The SMILES string of the molecule is CCCC(O)Cc1c(Cl)c(CC)nn1C. The second-order valence-corrected chi connectivity index (χ2v) is 4.21. The lowest BCUT2D eigenvalue weighted by atomic mass is 10.1. The van der Waals surface area contributed by atoms with Crippen LogP contribution in [0, 0.1) is 0 Å². The average Bonchev–Trinajstić information content (AvgIpc) is 2.45. The lowest BCUT2D eigenvalue weighted by molar-refractivity contribution is 0.161. The third-order valence-corrected chi connectivity index (χ3v) is 2.99. The highest BCUT2D eigenvalue weighted by molar-refractivity contribution is 6.31. The zero-order chi connectivity index (χ0) is 11.4. The van der Waals surface area contributed by atoms with Crippen LogP contribution in [-0.2, 0) is 19.9 Å². The van der Waals surface area contributed by atoms with Crippen molar-refractivity contribution in [2.24, 2.45) is 7.05 Å². The van der Waals surface area contributed by atoms with Crippen LogP contribution >= 0.6 is 11.6 Å². The molecular weight excluding hydrogens is 212 g/mol. The van der Waals surface area contributed by atoms with Gasteiger partial charge in [0.1, 0.15) is 0 Å². The predicted molar refractivity (Wildman–Crippen MR) is 62.2 cm³/mol. The molecule has 0 aliphatic heterocycles. The van der Waals surface area contributed by atoms with Gasteiger partial charge in [0, 0.05) is 13.5 Å². The lowest BCUT2D eigenvalue weighted by Crippen LogP contribution is -2.13. The number of aliphatic hydroxyl groups is 1. The van der Waals surface area contributed by atoms with E-state index in [9.17, 15) is 5.11 Å². The standard InChI is InChI=1S/C11H19ClN2O/c1-4-6-8(15)7-10-11(12)9(5-2)13-14(10)3/h8,15H,4-7H2,1-3H3. The lowest BCUT2D eigenvalue weighted by Gasteiger charge is -2.09. The van der Waals surface area contributed by atoms with Gasteiger partial charge in [0.15, 0.2) is 0 Å². The fourth-order valence-electron chi connectivity index (χ4n) is 1.70. The van der Waals surface area contributed by atoms with Crippen molar-refractivity contribution in [3.63, 3.8) is 0 Å². The Kier molecular flexibility index (Phi) is 4.61. The summed E-state index contributed by atoms with van der Waals surface area (Å²) < 4.78 is 1.78. The van der Waals surface area contributed by atoms with Crippen molar-refractivity contribution in [2.45, 2.75) is 45.6 Å². The van der Waals surface area contributed by atoms with E-state index in [1.54, 1.807) is 4.68 Å². The van der Waals surface area contributed by atoms with Crippen molar-refractivity contribution >= 4 is 11.6 Å². The van der Waals surface area contributed by atoms with Gasteiger partial charge in [-0.25, -0.2) is 0 Å². The highest BCUT2D eigenvalue weighted by Crippen LogP contribution is 2.22. The van der Waals surface area contributed by atoms with E-state index in [1.807, 2.05) is 14.0 Å². The second-order valence-electron chi connectivity index (χ2n) is 3.83. The average molecular weight is 231 g/mol. The van der Waals surface area contributed by atoms with Gasteiger partial charge in [-0.05, 0) is 12.8 Å². The van der Waals surface area contributed by atoms with Crippen molar-refractivity contribution in [1.29, 1.82) is 0 Å². The van der Waals surface area contributed by atoms with Gasteiger partial charge in [-0.3, -0.25) is 4.68 Å². The topological polar surface area (TPSA) is 38.1 Å². The first kappa shape index (κ1) is 12.5. The van der Waals surface area contributed by atoms with Crippen LogP contribution in [0.5, 0.6) is 0 Å². The van der Waals surface area contributed by atoms with Gasteiger partial charge in [0.2, 0.25) is 0 Å². The van der Waals surface area contributed by atoms with Gasteiger partial charge in [-0.2, -0.15) is 5.10 Å². The van der Waals surface area contributed by atoms with Gasteiger partial charge in [0.05, 0.1) is 22.5 Å². The van der Waals surface area contributed by atoms with E-state index in [0.29, 0.717) is 6.42 Å². The van der Waals surface area contributed by atoms with Crippen molar-refractivity contribution < 1.29 is 5.11 Å². The molecule has 0 saturated carbocycles. The van der Waals surface area contributed by atoms with E-state index in [2.05, 4.69) is 12.0 Å². The summed E-state index contributed by atoms with van der Waals surface area (Å²) >= 11 is 6.18. The number of aromatic nitrogens is 2. The van der Waals surface area contributed by atoms with Crippen molar-refractivity contribution in [2.75, 3.05) is 0 Å². The Labute approximate surface area is 96.1 Å². The van der Waals surface area contributed by atoms with Crippen molar-refractivity contribution in [3.8, 4) is 0 Å². The van der Waals surface area contributed by atoms with Crippen LogP contribution in [0.15, 0.2) is 0 Å². The molecule has 1 unspecified atom stereocenters. The predicted octanol–water partition coefficient (Wildman–Crippen LogP) is 2.34. The zero-order valence-corrected chi connectivity index (χ0v) is 10.4. The van der Waals surface area contributed by atoms with Crippen LogP contribution in [-0.4, -0.2) is 21.0 Å². The van der Waals surface area contributed by atoms with Crippen LogP contribution in [0.3, 0.4) is 0 Å². The molecule has 0 radical (unpaired) electrons. The Bertz CT molecular complexity index is 323. The molecule has 15 heavy (non-hydrogen) atoms. The molecule has 0 bridgehead atoms. The number of aliphatic hydroxyl groups excluding tert-OH is 1. The van der Waals surface area contributed by atoms with E-state index >= 15 is 0 Å². The van der Waals surface area contributed by atoms with Gasteiger partial charge >= 0.3 is 0 Å². The summed E-state index contributed by atoms with van der Waals surface area (Å²) in [7, 11) is 1.87. The fraction of sp³-hybridized carbons (Fsp3) is 0.727. The summed E-state index contributed by atoms with van der Waals surface area (Å²) in [4.78, 5) is 0. The van der Waals surface area contributed by atoms with Crippen LogP contribution in [0.25, 0.3) is 0 Å². The van der Waals surface area contributed by atoms with Crippen LogP contribution < -0.4 is 0 Å². The molecule has 0 aliphatic carbocycles. The summed E-state index contributed by atoms with van der Waals surface area (Å²) in [5, 5.41) is 14.8. The number of rotatable bonds is 5. The first-order chi connectivity index (χ1) is 7.10. The Morgan fingerprint density at radius 2 is 2.13 bits per heavy atom. The van der Waals surface area contributed by atoms with Crippen LogP contribution in [0.2, 0.25) is 5.02 Å². The molecule has 1 N–H and O–H groups in total. The monoisotopic (exact) mass is 230 g/mol. The van der Waals surface area contributed by atoms with Gasteiger partial charge in [0.25, 0.3) is 0 Å². The first-order valence-corrected chi connectivity index (χ1v) is 5.86. The third-order valence-electron chi connectivity index (χ3n) is 2.55. The molecule has 0 aromatic carbocycles. The highest BCUT2D eigenvalue weighted by Gasteiger charge is 2.15. The maximum Gasteiger partial charge on any atom is 0.0850 e. The largest absolute Gasteiger partial charge is 0.393 e. The number of hydrogen-bond donors (Lipinski definition) is 1. The van der Waals surface area contributed by atoms with E-state index in [1.165, 1.54) is 0 Å². The number of hydrogen-bond acceptors (Lipinski definition) is 2. The zero-order valence-electron chi connectivity index (χ0n) is 9.63. The molecule has 1 rings (SSSR count). The van der Waals surface area contributed by atoms with E-state index in [0.717, 1.165) is 35.7 Å². The van der Waals surface area contributed by atoms with Crippen LogP contribution in [0.4, 0.5) is 0 Å².